The van der Waals surface area contributed by atoms with Gasteiger partial charge in [-0.05, 0) is 23.5 Å². The Morgan fingerprint density at radius 2 is 1.59 bits per heavy atom. The van der Waals surface area contributed by atoms with E-state index in [1.165, 1.54) is 14.6 Å². The molecule has 8 heteroatoms. The highest BCUT2D eigenvalue weighted by atomic mass is 32.2. The first-order chi connectivity index (χ1) is 13.7. The normalized spacial score (nSPS) is 21.8. The SMILES string of the molecule is CCC1(C)CC(=O)N(CN2CCN(S(=O)(=O)/C=C/c3ccccc3)CC2)C(=O)C1. The lowest BCUT2D eigenvalue weighted by Gasteiger charge is -2.40. The zero-order valence-electron chi connectivity index (χ0n) is 17.1. The molecule has 0 atom stereocenters. The van der Waals surface area contributed by atoms with Crippen molar-refractivity contribution in [1.29, 1.82) is 0 Å². The smallest absolute Gasteiger partial charge is 0.236 e. The summed E-state index contributed by atoms with van der Waals surface area (Å²) < 4.78 is 26.6. The van der Waals surface area contributed by atoms with Crippen LogP contribution in [0.2, 0.25) is 0 Å². The van der Waals surface area contributed by atoms with Gasteiger partial charge in [0.05, 0.1) is 6.67 Å². The molecule has 0 aromatic heterocycles. The quantitative estimate of drug-likeness (QED) is 0.660. The Hall–Kier alpha value is -2.03. The van der Waals surface area contributed by atoms with Crippen LogP contribution in [-0.2, 0) is 19.6 Å². The molecule has 0 radical (unpaired) electrons. The van der Waals surface area contributed by atoms with Crippen LogP contribution >= 0.6 is 0 Å². The van der Waals surface area contributed by atoms with E-state index < -0.39 is 10.0 Å². The molecule has 0 N–H and O–H groups in total. The maximum Gasteiger partial charge on any atom is 0.236 e. The molecule has 0 unspecified atom stereocenters. The predicted molar refractivity (Wildman–Crippen MR) is 112 cm³/mol. The highest BCUT2D eigenvalue weighted by Crippen LogP contribution is 2.35. The molecule has 0 spiro atoms. The standard InChI is InChI=1S/C21H29N3O4S/c1-3-21(2)15-19(25)24(20(26)16-21)17-22-10-12-23(13-11-22)29(27,28)14-9-18-7-5-4-6-8-18/h4-9,14H,3,10-13,15-17H2,1-2H3/b14-9+. The third kappa shape index (κ3) is 5.32. The van der Waals surface area contributed by atoms with Gasteiger partial charge >= 0.3 is 0 Å². The summed E-state index contributed by atoms with van der Waals surface area (Å²) in [6, 6.07) is 9.29. The maximum atomic E-state index is 12.6. The molecule has 0 bridgehead atoms. The van der Waals surface area contributed by atoms with E-state index in [4.69, 9.17) is 0 Å². The lowest BCUT2D eigenvalue weighted by molar-refractivity contribution is -0.156. The van der Waals surface area contributed by atoms with Crippen LogP contribution in [0.1, 0.15) is 38.7 Å². The molecule has 0 saturated carbocycles. The van der Waals surface area contributed by atoms with Crippen LogP contribution in [0.4, 0.5) is 0 Å². The third-order valence-corrected chi connectivity index (χ3v) is 7.44. The zero-order chi connectivity index (χ0) is 21.1. The average Bonchev–Trinajstić information content (AvgIpc) is 2.70. The van der Waals surface area contributed by atoms with Crippen molar-refractivity contribution in [1.82, 2.24) is 14.1 Å². The van der Waals surface area contributed by atoms with E-state index in [1.54, 1.807) is 6.08 Å². The molecule has 29 heavy (non-hydrogen) atoms. The van der Waals surface area contributed by atoms with Crippen molar-refractivity contribution in [3.63, 3.8) is 0 Å². The number of benzene rings is 1. The Bertz CT molecular complexity index is 856. The number of piperidine rings is 1. The summed E-state index contributed by atoms with van der Waals surface area (Å²) in [4.78, 5) is 28.2. The molecule has 1 aromatic carbocycles. The number of amides is 2. The molecular weight excluding hydrogens is 390 g/mol. The molecule has 1 aromatic rings. The maximum absolute atomic E-state index is 12.6. The first kappa shape index (κ1) is 21.7. The van der Waals surface area contributed by atoms with Gasteiger partial charge in [0.25, 0.3) is 0 Å². The molecule has 2 amide bonds. The van der Waals surface area contributed by atoms with Gasteiger partial charge in [0.2, 0.25) is 21.8 Å². The highest BCUT2D eigenvalue weighted by molar-refractivity contribution is 7.92. The average molecular weight is 420 g/mol. The minimum Gasteiger partial charge on any atom is -0.283 e. The summed E-state index contributed by atoms with van der Waals surface area (Å²) >= 11 is 0. The van der Waals surface area contributed by atoms with Gasteiger partial charge in [-0.1, -0.05) is 44.2 Å². The van der Waals surface area contributed by atoms with Crippen molar-refractivity contribution in [3.8, 4) is 0 Å². The molecule has 7 nitrogen and oxygen atoms in total. The molecule has 158 valence electrons. The van der Waals surface area contributed by atoms with Crippen LogP contribution in [0.5, 0.6) is 0 Å². The summed E-state index contributed by atoms with van der Waals surface area (Å²) in [5, 5.41) is 1.24. The molecule has 2 fully saturated rings. The van der Waals surface area contributed by atoms with Crippen molar-refractivity contribution >= 4 is 27.9 Å². The first-order valence-corrected chi connectivity index (χ1v) is 11.5. The molecule has 2 saturated heterocycles. The van der Waals surface area contributed by atoms with Gasteiger partial charge in [-0.2, -0.15) is 4.31 Å². The molecule has 3 rings (SSSR count). The van der Waals surface area contributed by atoms with Gasteiger partial charge in [-0.3, -0.25) is 19.4 Å². The minimum atomic E-state index is -3.50. The number of nitrogens with zero attached hydrogens (tertiary/aromatic N) is 3. The fourth-order valence-electron chi connectivity index (χ4n) is 3.67. The zero-order valence-corrected chi connectivity index (χ0v) is 17.9. The summed E-state index contributed by atoms with van der Waals surface area (Å²) in [7, 11) is -3.50. The van der Waals surface area contributed by atoms with E-state index in [9.17, 15) is 18.0 Å². The fourth-order valence-corrected chi connectivity index (χ4v) is 4.84. The number of likely N-dealkylation sites (tertiary alicyclic amines) is 1. The second-order valence-electron chi connectivity index (χ2n) is 8.15. The monoisotopic (exact) mass is 419 g/mol. The van der Waals surface area contributed by atoms with Gasteiger partial charge in [0.15, 0.2) is 0 Å². The Balaban J connectivity index is 1.55. The second kappa shape index (κ2) is 8.77. The number of hydrogen-bond donors (Lipinski definition) is 0. The van der Waals surface area contributed by atoms with E-state index in [1.807, 2.05) is 49.1 Å². The second-order valence-corrected chi connectivity index (χ2v) is 9.97. The van der Waals surface area contributed by atoms with E-state index in [2.05, 4.69) is 0 Å². The molecule has 2 aliphatic rings. The number of rotatable bonds is 6. The van der Waals surface area contributed by atoms with E-state index in [-0.39, 0.29) is 23.9 Å². The molecule has 0 aliphatic carbocycles. The fraction of sp³-hybridized carbons (Fsp3) is 0.524. The molecular formula is C21H29N3O4S. The number of piperazine rings is 1. The van der Waals surface area contributed by atoms with Crippen LogP contribution in [0.15, 0.2) is 35.7 Å². The van der Waals surface area contributed by atoms with Crippen molar-refractivity contribution < 1.29 is 18.0 Å². The van der Waals surface area contributed by atoms with E-state index >= 15 is 0 Å². The summed E-state index contributed by atoms with van der Waals surface area (Å²) in [5.74, 6) is -0.266. The number of carbonyl (C=O) groups is 2. The van der Waals surface area contributed by atoms with Gasteiger partial charge in [0, 0.05) is 44.4 Å². The highest BCUT2D eigenvalue weighted by Gasteiger charge is 2.40. The van der Waals surface area contributed by atoms with Gasteiger partial charge < -0.3 is 0 Å². The number of sulfonamides is 1. The van der Waals surface area contributed by atoms with E-state index in [0.717, 1.165) is 12.0 Å². The summed E-state index contributed by atoms with van der Waals surface area (Å²) in [6.07, 6.45) is 3.16. The topological polar surface area (TPSA) is 78.0 Å². The lowest BCUT2D eigenvalue weighted by atomic mass is 9.77. The van der Waals surface area contributed by atoms with Crippen LogP contribution < -0.4 is 0 Å². The van der Waals surface area contributed by atoms with Crippen LogP contribution in [0.3, 0.4) is 0 Å². The van der Waals surface area contributed by atoms with Gasteiger partial charge in [-0.25, -0.2) is 8.42 Å². The lowest BCUT2D eigenvalue weighted by Crippen LogP contribution is -2.55. The Kier molecular flexibility index (Phi) is 6.55. The van der Waals surface area contributed by atoms with E-state index in [0.29, 0.717) is 39.0 Å². The Morgan fingerprint density at radius 3 is 2.14 bits per heavy atom. The van der Waals surface area contributed by atoms with Gasteiger partial charge in [-0.15, -0.1) is 0 Å². The van der Waals surface area contributed by atoms with Crippen molar-refractivity contribution in [3.05, 3.63) is 41.3 Å². The van der Waals surface area contributed by atoms with Crippen molar-refractivity contribution in [2.45, 2.75) is 33.1 Å². The Morgan fingerprint density at radius 1 is 1.00 bits per heavy atom. The van der Waals surface area contributed by atoms with Crippen LogP contribution in [0, 0.1) is 5.41 Å². The predicted octanol–water partition coefficient (Wildman–Crippen LogP) is 2.13. The largest absolute Gasteiger partial charge is 0.283 e. The summed E-state index contributed by atoms with van der Waals surface area (Å²) in [5.41, 5.74) is 0.582. The number of carbonyl (C=O) groups excluding carboxylic acids is 2. The molecule has 2 heterocycles. The van der Waals surface area contributed by atoms with Gasteiger partial charge in [0.1, 0.15) is 0 Å². The van der Waals surface area contributed by atoms with Crippen LogP contribution in [-0.4, -0.2) is 67.2 Å². The minimum absolute atomic E-state index is 0.133. The third-order valence-electron chi connectivity index (χ3n) is 5.88. The Labute approximate surface area is 173 Å². The van der Waals surface area contributed by atoms with Crippen molar-refractivity contribution in [2.24, 2.45) is 5.41 Å². The molecule has 2 aliphatic heterocycles. The van der Waals surface area contributed by atoms with Crippen LogP contribution in [0.25, 0.3) is 6.08 Å². The number of hydrogen-bond acceptors (Lipinski definition) is 5. The van der Waals surface area contributed by atoms with Crippen molar-refractivity contribution in [2.75, 3.05) is 32.8 Å². The summed E-state index contributed by atoms with van der Waals surface area (Å²) in [6.45, 7) is 5.87. The number of imide groups is 1. The first-order valence-electron chi connectivity index (χ1n) is 10.0.